The summed E-state index contributed by atoms with van der Waals surface area (Å²) in [6.07, 6.45) is 10.5. The van der Waals surface area contributed by atoms with Crippen molar-refractivity contribution in [2.24, 2.45) is 0 Å². The molecule has 1 saturated heterocycles. The second-order valence-electron chi connectivity index (χ2n) is 5.57. The Hall–Kier alpha value is -2.42. The average Bonchev–Trinajstić information content (AvgIpc) is 2.61. The van der Waals surface area contributed by atoms with Gasteiger partial charge in [0.25, 0.3) is 0 Å². The average molecular weight is 292 g/mol. The van der Waals surface area contributed by atoms with E-state index in [0.29, 0.717) is 0 Å². The van der Waals surface area contributed by atoms with E-state index in [9.17, 15) is 4.79 Å². The Balaban J connectivity index is 1.76. The van der Waals surface area contributed by atoms with Crippen LogP contribution in [0.5, 0.6) is 0 Å². The van der Waals surface area contributed by atoms with Gasteiger partial charge >= 0.3 is 0 Å². The Labute approximate surface area is 131 Å². The minimum absolute atomic E-state index is 0.0809. The maximum absolute atomic E-state index is 12.6. The van der Waals surface area contributed by atoms with E-state index in [1.807, 2.05) is 53.6 Å². The molecular formula is C19H20N2O. The lowest BCUT2D eigenvalue weighted by Crippen LogP contribution is -2.37. The molecule has 112 valence electrons. The number of aromatic nitrogens is 1. The highest BCUT2D eigenvalue weighted by molar-refractivity contribution is 5.92. The molecule has 1 atom stereocenters. The Morgan fingerprint density at radius 3 is 2.77 bits per heavy atom. The molecule has 3 rings (SSSR count). The van der Waals surface area contributed by atoms with Crippen molar-refractivity contribution in [2.75, 3.05) is 6.54 Å². The number of benzene rings is 1. The molecule has 22 heavy (non-hydrogen) atoms. The zero-order valence-electron chi connectivity index (χ0n) is 12.6. The number of carbonyl (C=O) groups is 1. The molecule has 1 fully saturated rings. The van der Waals surface area contributed by atoms with Crippen LogP contribution in [0.15, 0.2) is 60.9 Å². The molecule has 0 aliphatic carbocycles. The summed E-state index contributed by atoms with van der Waals surface area (Å²) in [5.74, 6) is 0.0809. The van der Waals surface area contributed by atoms with Gasteiger partial charge in [0.1, 0.15) is 0 Å². The van der Waals surface area contributed by atoms with Crippen LogP contribution in [0.4, 0.5) is 0 Å². The number of rotatable bonds is 3. The van der Waals surface area contributed by atoms with E-state index in [4.69, 9.17) is 0 Å². The minimum Gasteiger partial charge on any atom is -0.332 e. The van der Waals surface area contributed by atoms with Crippen LogP contribution >= 0.6 is 0 Å². The number of amides is 1. The highest BCUT2D eigenvalue weighted by atomic mass is 16.2. The van der Waals surface area contributed by atoms with Gasteiger partial charge in [-0.15, -0.1) is 0 Å². The van der Waals surface area contributed by atoms with Crippen LogP contribution in [0, 0.1) is 0 Å². The van der Waals surface area contributed by atoms with E-state index >= 15 is 0 Å². The number of nitrogens with zero attached hydrogens (tertiary/aromatic N) is 2. The van der Waals surface area contributed by atoms with Crippen molar-refractivity contribution in [3.63, 3.8) is 0 Å². The minimum atomic E-state index is 0.0809. The number of hydrogen-bond donors (Lipinski definition) is 0. The second kappa shape index (κ2) is 7.03. The predicted molar refractivity (Wildman–Crippen MR) is 88.0 cm³/mol. The lowest BCUT2D eigenvalue weighted by atomic mass is 9.96. The monoisotopic (exact) mass is 292 g/mol. The summed E-state index contributed by atoms with van der Waals surface area (Å²) >= 11 is 0. The molecule has 2 aromatic rings. The van der Waals surface area contributed by atoms with Gasteiger partial charge in [-0.25, -0.2) is 0 Å². The Kier molecular flexibility index (Phi) is 4.64. The van der Waals surface area contributed by atoms with Crippen LogP contribution in [-0.2, 0) is 4.79 Å². The van der Waals surface area contributed by atoms with Crippen LogP contribution < -0.4 is 0 Å². The number of piperidine rings is 1. The fourth-order valence-electron chi connectivity index (χ4n) is 2.94. The van der Waals surface area contributed by atoms with E-state index in [0.717, 1.165) is 36.9 Å². The van der Waals surface area contributed by atoms with Crippen molar-refractivity contribution in [2.45, 2.75) is 25.3 Å². The highest BCUT2D eigenvalue weighted by Crippen LogP contribution is 2.30. The van der Waals surface area contributed by atoms with Gasteiger partial charge in [0.05, 0.1) is 6.04 Å². The van der Waals surface area contributed by atoms with Crippen LogP contribution in [0.2, 0.25) is 0 Å². The molecule has 0 saturated carbocycles. The maximum atomic E-state index is 12.6. The normalized spacial score (nSPS) is 18.5. The zero-order chi connectivity index (χ0) is 15.2. The number of hydrogen-bond acceptors (Lipinski definition) is 2. The summed E-state index contributed by atoms with van der Waals surface area (Å²) in [5, 5.41) is 0. The first-order chi connectivity index (χ1) is 10.8. The van der Waals surface area contributed by atoms with Crippen LogP contribution in [0.3, 0.4) is 0 Å². The zero-order valence-corrected chi connectivity index (χ0v) is 12.6. The fraction of sp³-hybridized carbons (Fsp3) is 0.263. The molecule has 2 heterocycles. The summed E-state index contributed by atoms with van der Waals surface area (Å²) in [6, 6.07) is 14.1. The molecule has 1 amide bonds. The van der Waals surface area contributed by atoms with Gasteiger partial charge in [-0.3, -0.25) is 9.78 Å². The molecule has 3 nitrogen and oxygen atoms in total. The highest BCUT2D eigenvalue weighted by Gasteiger charge is 2.26. The van der Waals surface area contributed by atoms with Gasteiger partial charge in [-0.1, -0.05) is 36.4 Å². The maximum Gasteiger partial charge on any atom is 0.247 e. The van der Waals surface area contributed by atoms with Crippen molar-refractivity contribution in [3.05, 3.63) is 72.1 Å². The summed E-state index contributed by atoms with van der Waals surface area (Å²) in [6.45, 7) is 0.817. The van der Waals surface area contributed by atoms with Gasteiger partial charge in [0.2, 0.25) is 5.91 Å². The molecule has 0 spiro atoms. The largest absolute Gasteiger partial charge is 0.332 e. The molecule has 1 aliphatic heterocycles. The third-order valence-corrected chi connectivity index (χ3v) is 4.07. The molecule has 0 radical (unpaired) electrons. The lowest BCUT2D eigenvalue weighted by molar-refractivity contribution is -0.129. The first kappa shape index (κ1) is 14.5. The summed E-state index contributed by atoms with van der Waals surface area (Å²) in [5.41, 5.74) is 2.18. The molecule has 1 aromatic heterocycles. The molecule has 0 bridgehead atoms. The molecule has 3 heteroatoms. The molecule has 1 unspecified atom stereocenters. The quantitative estimate of drug-likeness (QED) is 0.805. The third-order valence-electron chi connectivity index (χ3n) is 4.07. The van der Waals surface area contributed by atoms with E-state index in [1.165, 1.54) is 0 Å². The van der Waals surface area contributed by atoms with E-state index in [1.54, 1.807) is 12.3 Å². The van der Waals surface area contributed by atoms with Crippen LogP contribution in [0.25, 0.3) is 6.08 Å². The summed E-state index contributed by atoms with van der Waals surface area (Å²) < 4.78 is 0. The molecular weight excluding hydrogens is 272 g/mol. The number of pyridine rings is 1. The summed E-state index contributed by atoms with van der Waals surface area (Å²) in [7, 11) is 0. The van der Waals surface area contributed by atoms with Crippen molar-refractivity contribution < 1.29 is 4.79 Å². The molecule has 1 aliphatic rings. The molecule has 1 aromatic carbocycles. The fourth-order valence-corrected chi connectivity index (χ4v) is 2.94. The van der Waals surface area contributed by atoms with Gasteiger partial charge in [0, 0.05) is 25.0 Å². The Morgan fingerprint density at radius 1 is 1.14 bits per heavy atom. The van der Waals surface area contributed by atoms with E-state index in [2.05, 4.69) is 11.1 Å². The second-order valence-corrected chi connectivity index (χ2v) is 5.57. The van der Waals surface area contributed by atoms with Gasteiger partial charge in [-0.05, 0) is 42.5 Å². The van der Waals surface area contributed by atoms with Crippen LogP contribution in [0.1, 0.15) is 36.4 Å². The van der Waals surface area contributed by atoms with E-state index < -0.39 is 0 Å². The topological polar surface area (TPSA) is 33.2 Å². The number of carbonyl (C=O) groups excluding carboxylic acids is 1. The molecule has 0 N–H and O–H groups in total. The van der Waals surface area contributed by atoms with Gasteiger partial charge in [-0.2, -0.15) is 0 Å². The number of likely N-dealkylation sites (tertiary alicyclic amines) is 1. The predicted octanol–water partition coefficient (Wildman–Crippen LogP) is 3.85. The first-order valence-electron chi connectivity index (χ1n) is 7.78. The van der Waals surface area contributed by atoms with Gasteiger partial charge < -0.3 is 4.90 Å². The first-order valence-corrected chi connectivity index (χ1v) is 7.78. The van der Waals surface area contributed by atoms with Crippen molar-refractivity contribution in [1.29, 1.82) is 0 Å². The third kappa shape index (κ3) is 3.42. The smallest absolute Gasteiger partial charge is 0.247 e. The van der Waals surface area contributed by atoms with Crippen molar-refractivity contribution in [3.8, 4) is 0 Å². The van der Waals surface area contributed by atoms with Crippen molar-refractivity contribution >= 4 is 12.0 Å². The van der Waals surface area contributed by atoms with Gasteiger partial charge in [0.15, 0.2) is 0 Å². The van der Waals surface area contributed by atoms with Crippen LogP contribution in [-0.4, -0.2) is 22.3 Å². The Morgan fingerprint density at radius 2 is 2.00 bits per heavy atom. The SMILES string of the molecule is O=C(C=Cc1ccccc1)N1CCCCC1c1cccnc1. The Bertz CT molecular complexity index is 637. The standard InChI is InChI=1S/C19H20N2O/c22-19(12-11-16-7-2-1-3-8-16)21-14-5-4-10-18(21)17-9-6-13-20-15-17/h1-3,6-9,11-13,15,18H,4-5,10,14H2. The lowest BCUT2D eigenvalue weighted by Gasteiger charge is -2.35. The van der Waals surface area contributed by atoms with E-state index in [-0.39, 0.29) is 11.9 Å². The van der Waals surface area contributed by atoms with Crippen molar-refractivity contribution in [1.82, 2.24) is 9.88 Å². The summed E-state index contributed by atoms with van der Waals surface area (Å²) in [4.78, 5) is 18.7.